The molecule has 0 amide bonds. The second-order valence-corrected chi connectivity index (χ2v) is 7.17. The van der Waals surface area contributed by atoms with Crippen LogP contribution >= 0.6 is 0 Å². The average Bonchev–Trinajstić information content (AvgIpc) is 2.85. The van der Waals surface area contributed by atoms with E-state index in [-0.39, 0.29) is 5.54 Å². The molecule has 3 unspecified atom stereocenters. The number of ether oxygens (including phenoxy) is 1. The van der Waals surface area contributed by atoms with Gasteiger partial charge in [0.1, 0.15) is 5.75 Å². The zero-order chi connectivity index (χ0) is 14.3. The molecule has 3 atom stereocenters. The molecule has 1 aromatic rings. The lowest BCUT2D eigenvalue weighted by Crippen LogP contribution is -2.50. The number of nitrogens with two attached hydrogens (primary N) is 1. The van der Waals surface area contributed by atoms with Gasteiger partial charge in [-0.2, -0.15) is 0 Å². The highest BCUT2D eigenvalue weighted by atomic mass is 16.5. The van der Waals surface area contributed by atoms with E-state index >= 15 is 0 Å². The Morgan fingerprint density at radius 1 is 1.30 bits per heavy atom. The minimum absolute atomic E-state index is 0.221. The fourth-order valence-electron chi connectivity index (χ4n) is 4.37. The maximum absolute atomic E-state index is 7.01. The molecule has 0 radical (unpaired) electrons. The molecule has 0 spiro atoms. The molecule has 20 heavy (non-hydrogen) atoms. The molecule has 1 aliphatic heterocycles. The van der Waals surface area contributed by atoms with Crippen molar-refractivity contribution in [1.29, 1.82) is 0 Å². The van der Waals surface area contributed by atoms with Gasteiger partial charge in [-0.3, -0.25) is 0 Å². The molecule has 110 valence electrons. The van der Waals surface area contributed by atoms with E-state index in [0.717, 1.165) is 25.2 Å². The first-order valence-corrected chi connectivity index (χ1v) is 8.06. The number of rotatable bonds is 2. The van der Waals surface area contributed by atoms with Crippen LogP contribution in [0.4, 0.5) is 0 Å². The zero-order valence-corrected chi connectivity index (χ0v) is 13.0. The summed E-state index contributed by atoms with van der Waals surface area (Å²) in [4.78, 5) is 0. The summed E-state index contributed by atoms with van der Waals surface area (Å²) in [5.74, 6) is 2.96. The third-order valence-electron chi connectivity index (χ3n) is 5.34. The molecule has 3 rings (SSSR count). The lowest BCUT2D eigenvalue weighted by atomic mass is 9.62. The topological polar surface area (TPSA) is 35.2 Å². The van der Waals surface area contributed by atoms with Gasteiger partial charge >= 0.3 is 0 Å². The van der Waals surface area contributed by atoms with Gasteiger partial charge in [0.2, 0.25) is 0 Å². The van der Waals surface area contributed by atoms with Crippen LogP contribution < -0.4 is 10.5 Å². The van der Waals surface area contributed by atoms with E-state index in [9.17, 15) is 0 Å². The Kier molecular flexibility index (Phi) is 3.53. The molecule has 2 N–H and O–H groups in total. The van der Waals surface area contributed by atoms with E-state index in [4.69, 9.17) is 10.5 Å². The first-order chi connectivity index (χ1) is 9.52. The molecular formula is C18H27NO. The van der Waals surface area contributed by atoms with Crippen molar-refractivity contribution < 1.29 is 4.74 Å². The number of hydrogen-bond acceptors (Lipinski definition) is 2. The molecule has 0 bridgehead atoms. The summed E-state index contributed by atoms with van der Waals surface area (Å²) >= 11 is 0. The maximum atomic E-state index is 7.01. The summed E-state index contributed by atoms with van der Waals surface area (Å²) in [5, 5.41) is 0. The van der Waals surface area contributed by atoms with E-state index < -0.39 is 0 Å². The Labute approximate surface area is 122 Å². The van der Waals surface area contributed by atoms with Crippen LogP contribution in [0.25, 0.3) is 0 Å². The van der Waals surface area contributed by atoms with Gasteiger partial charge in [0.25, 0.3) is 0 Å². The van der Waals surface area contributed by atoms with Crippen molar-refractivity contribution in [1.82, 2.24) is 0 Å². The molecule has 1 aromatic carbocycles. The van der Waals surface area contributed by atoms with Gasteiger partial charge in [-0.15, -0.1) is 0 Å². The SMILES string of the molecule is CC1CCC(C(C)C)C(N)(c2cccc3c2OCC3)C1. The van der Waals surface area contributed by atoms with Gasteiger partial charge in [0, 0.05) is 17.5 Å². The normalized spacial score (nSPS) is 33.0. The second kappa shape index (κ2) is 5.07. The van der Waals surface area contributed by atoms with Crippen molar-refractivity contribution in [3.8, 4) is 5.75 Å². The molecule has 1 heterocycles. The smallest absolute Gasteiger partial charge is 0.127 e. The first kappa shape index (κ1) is 13.9. The van der Waals surface area contributed by atoms with Crippen LogP contribution in [0.1, 0.15) is 51.2 Å². The van der Waals surface area contributed by atoms with Crippen molar-refractivity contribution in [3.05, 3.63) is 29.3 Å². The Hall–Kier alpha value is -1.02. The highest BCUT2D eigenvalue weighted by molar-refractivity contribution is 5.48. The van der Waals surface area contributed by atoms with E-state index in [1.54, 1.807) is 0 Å². The number of benzene rings is 1. The summed E-state index contributed by atoms with van der Waals surface area (Å²) in [5.41, 5.74) is 9.39. The third kappa shape index (κ3) is 2.14. The highest BCUT2D eigenvalue weighted by Gasteiger charge is 2.44. The average molecular weight is 273 g/mol. The molecule has 1 fully saturated rings. The van der Waals surface area contributed by atoms with Crippen LogP contribution in [0.5, 0.6) is 5.75 Å². The summed E-state index contributed by atoms with van der Waals surface area (Å²) in [6.45, 7) is 7.77. The molecular weight excluding hydrogens is 246 g/mol. The van der Waals surface area contributed by atoms with Gasteiger partial charge in [-0.1, -0.05) is 45.4 Å². The predicted octanol–water partition coefficient (Wildman–Crippen LogP) is 3.87. The molecule has 2 heteroatoms. The van der Waals surface area contributed by atoms with Crippen LogP contribution in [0.3, 0.4) is 0 Å². The fourth-order valence-corrected chi connectivity index (χ4v) is 4.37. The summed E-state index contributed by atoms with van der Waals surface area (Å²) < 4.78 is 5.93. The summed E-state index contributed by atoms with van der Waals surface area (Å²) in [7, 11) is 0. The number of hydrogen-bond donors (Lipinski definition) is 1. The fraction of sp³-hybridized carbons (Fsp3) is 0.667. The number of fused-ring (bicyclic) bond motifs is 1. The van der Waals surface area contributed by atoms with Crippen molar-refractivity contribution in [2.75, 3.05) is 6.61 Å². The van der Waals surface area contributed by atoms with Crippen LogP contribution in [-0.2, 0) is 12.0 Å². The Balaban J connectivity index is 2.06. The van der Waals surface area contributed by atoms with Gasteiger partial charge in [-0.25, -0.2) is 0 Å². The minimum atomic E-state index is -0.221. The lowest BCUT2D eigenvalue weighted by Gasteiger charge is -2.46. The van der Waals surface area contributed by atoms with Crippen molar-refractivity contribution in [2.45, 2.75) is 52.0 Å². The molecule has 2 aliphatic rings. The van der Waals surface area contributed by atoms with Crippen molar-refractivity contribution >= 4 is 0 Å². The number of para-hydroxylation sites is 1. The van der Waals surface area contributed by atoms with Crippen LogP contribution in [0, 0.1) is 17.8 Å². The predicted molar refractivity (Wildman–Crippen MR) is 82.8 cm³/mol. The summed E-state index contributed by atoms with van der Waals surface area (Å²) in [6.07, 6.45) is 4.65. The first-order valence-electron chi connectivity index (χ1n) is 8.06. The highest BCUT2D eigenvalue weighted by Crippen LogP contribution is 2.49. The maximum Gasteiger partial charge on any atom is 0.127 e. The van der Waals surface area contributed by atoms with Crippen LogP contribution in [0.2, 0.25) is 0 Å². The Morgan fingerprint density at radius 3 is 2.85 bits per heavy atom. The zero-order valence-electron chi connectivity index (χ0n) is 13.0. The molecule has 1 aliphatic carbocycles. The van der Waals surface area contributed by atoms with E-state index in [2.05, 4.69) is 39.0 Å². The van der Waals surface area contributed by atoms with Gasteiger partial charge in [0.15, 0.2) is 0 Å². The molecule has 1 saturated carbocycles. The standard InChI is InChI=1S/C18H27NO/c1-12(2)15-8-7-13(3)11-18(15,19)16-6-4-5-14-9-10-20-17(14)16/h4-6,12-13,15H,7-11,19H2,1-3H3. The summed E-state index contributed by atoms with van der Waals surface area (Å²) in [6, 6.07) is 6.55. The quantitative estimate of drug-likeness (QED) is 0.888. The van der Waals surface area contributed by atoms with E-state index in [1.807, 2.05) is 0 Å². The van der Waals surface area contributed by atoms with E-state index in [1.165, 1.54) is 24.0 Å². The van der Waals surface area contributed by atoms with Crippen LogP contribution in [0.15, 0.2) is 18.2 Å². The lowest BCUT2D eigenvalue weighted by molar-refractivity contribution is 0.106. The van der Waals surface area contributed by atoms with E-state index in [0.29, 0.717) is 17.8 Å². The third-order valence-corrected chi connectivity index (χ3v) is 5.34. The van der Waals surface area contributed by atoms with Gasteiger partial charge in [0.05, 0.1) is 6.61 Å². The van der Waals surface area contributed by atoms with Gasteiger partial charge < -0.3 is 10.5 Å². The largest absolute Gasteiger partial charge is 0.493 e. The van der Waals surface area contributed by atoms with Crippen LogP contribution in [-0.4, -0.2) is 6.61 Å². The molecule has 2 nitrogen and oxygen atoms in total. The molecule has 0 aromatic heterocycles. The molecule has 0 saturated heterocycles. The Morgan fingerprint density at radius 2 is 2.10 bits per heavy atom. The van der Waals surface area contributed by atoms with Crippen molar-refractivity contribution in [3.63, 3.8) is 0 Å². The second-order valence-electron chi connectivity index (χ2n) is 7.17. The van der Waals surface area contributed by atoms with Gasteiger partial charge in [-0.05, 0) is 36.2 Å². The monoisotopic (exact) mass is 273 g/mol. The van der Waals surface area contributed by atoms with Crippen molar-refractivity contribution in [2.24, 2.45) is 23.5 Å². The minimum Gasteiger partial charge on any atom is -0.493 e. The Bertz CT molecular complexity index is 496.